The van der Waals surface area contributed by atoms with Gasteiger partial charge in [-0.15, -0.1) is 0 Å². The van der Waals surface area contributed by atoms with Crippen LogP contribution in [0.2, 0.25) is 0 Å². The molecule has 0 radical (unpaired) electrons. The lowest BCUT2D eigenvalue weighted by Gasteiger charge is -2.12. The predicted molar refractivity (Wildman–Crippen MR) is 77.9 cm³/mol. The Kier molecular flexibility index (Phi) is 5.94. The lowest BCUT2D eigenvalue weighted by Crippen LogP contribution is -2.32. The summed E-state index contributed by atoms with van der Waals surface area (Å²) in [5, 5.41) is 0. The molecule has 0 aliphatic heterocycles. The van der Waals surface area contributed by atoms with Crippen LogP contribution in [-0.4, -0.2) is 45.7 Å². The third kappa shape index (κ3) is 4.05. The van der Waals surface area contributed by atoms with Crippen LogP contribution < -0.4 is 4.72 Å². The van der Waals surface area contributed by atoms with Gasteiger partial charge in [0.2, 0.25) is 10.0 Å². The van der Waals surface area contributed by atoms with E-state index in [0.29, 0.717) is 11.3 Å². The van der Waals surface area contributed by atoms with Crippen LogP contribution in [0.1, 0.15) is 35.6 Å². The fourth-order valence-electron chi connectivity index (χ4n) is 1.93. The van der Waals surface area contributed by atoms with E-state index >= 15 is 0 Å². The number of hydrogen-bond donors (Lipinski definition) is 2. The lowest BCUT2D eigenvalue weighted by molar-refractivity contribution is 0.0519. The van der Waals surface area contributed by atoms with E-state index in [1.165, 1.54) is 7.11 Å². The number of hydrogen-bond acceptors (Lipinski definition) is 5. The number of aryl methyl sites for hydroxylation is 1. The van der Waals surface area contributed by atoms with Crippen LogP contribution in [0, 0.1) is 13.8 Å². The average Bonchev–Trinajstić information content (AvgIpc) is 2.72. The summed E-state index contributed by atoms with van der Waals surface area (Å²) in [7, 11) is -2.22. The van der Waals surface area contributed by atoms with Gasteiger partial charge in [0, 0.05) is 24.9 Å². The van der Waals surface area contributed by atoms with E-state index in [4.69, 9.17) is 9.47 Å². The quantitative estimate of drug-likeness (QED) is 0.734. The van der Waals surface area contributed by atoms with Gasteiger partial charge in [0.05, 0.1) is 12.7 Å². The summed E-state index contributed by atoms with van der Waals surface area (Å²) in [6.07, 6.45) is -0.246. The van der Waals surface area contributed by atoms with Gasteiger partial charge in [-0.2, -0.15) is 0 Å². The first-order valence-electron chi connectivity index (χ1n) is 6.63. The van der Waals surface area contributed by atoms with E-state index in [-0.39, 0.29) is 29.8 Å². The second kappa shape index (κ2) is 7.06. The monoisotopic (exact) mass is 318 g/mol. The van der Waals surface area contributed by atoms with Crippen molar-refractivity contribution in [3.63, 3.8) is 0 Å². The van der Waals surface area contributed by atoms with Crippen molar-refractivity contribution in [1.82, 2.24) is 9.71 Å². The number of nitrogens with one attached hydrogen (secondary N) is 2. The maximum absolute atomic E-state index is 12.3. The Morgan fingerprint density at radius 3 is 2.52 bits per heavy atom. The number of ether oxygens (including phenoxy) is 2. The number of rotatable bonds is 7. The molecule has 1 aromatic heterocycles. The number of esters is 1. The molecule has 1 heterocycles. The van der Waals surface area contributed by atoms with Gasteiger partial charge >= 0.3 is 5.97 Å². The Balaban J connectivity index is 3.10. The van der Waals surface area contributed by atoms with Crippen LogP contribution in [-0.2, 0) is 19.5 Å². The molecule has 0 bridgehead atoms. The highest BCUT2D eigenvalue weighted by molar-refractivity contribution is 7.89. The van der Waals surface area contributed by atoms with Gasteiger partial charge in [0.15, 0.2) is 0 Å². The first kappa shape index (κ1) is 17.7. The molecule has 1 atom stereocenters. The third-order valence-corrected chi connectivity index (χ3v) is 4.78. The second-order valence-corrected chi connectivity index (χ2v) is 6.40. The van der Waals surface area contributed by atoms with Crippen LogP contribution in [0.3, 0.4) is 0 Å². The molecule has 0 saturated carbocycles. The molecule has 1 unspecified atom stereocenters. The highest BCUT2D eigenvalue weighted by atomic mass is 32.2. The van der Waals surface area contributed by atoms with Crippen LogP contribution in [0.25, 0.3) is 0 Å². The maximum atomic E-state index is 12.3. The molecular formula is C13H22N2O5S. The summed E-state index contributed by atoms with van der Waals surface area (Å²) in [6, 6.07) is 0. The summed E-state index contributed by atoms with van der Waals surface area (Å²) < 4.78 is 37.1. The Labute approximate surface area is 125 Å². The zero-order valence-corrected chi connectivity index (χ0v) is 13.8. The van der Waals surface area contributed by atoms with Gasteiger partial charge in [-0.1, -0.05) is 0 Å². The topological polar surface area (TPSA) is 97.5 Å². The molecule has 21 heavy (non-hydrogen) atoms. The smallest absolute Gasteiger partial charge is 0.355 e. The predicted octanol–water partition coefficient (Wildman–Crippen LogP) is 1.12. The fourth-order valence-corrected chi connectivity index (χ4v) is 3.48. The van der Waals surface area contributed by atoms with Crippen LogP contribution >= 0.6 is 0 Å². The molecular weight excluding hydrogens is 296 g/mol. The molecule has 120 valence electrons. The Morgan fingerprint density at radius 2 is 2.00 bits per heavy atom. The number of aromatic amines is 1. The van der Waals surface area contributed by atoms with Gasteiger partial charge in [0.25, 0.3) is 0 Å². The first-order valence-corrected chi connectivity index (χ1v) is 8.11. The number of aromatic nitrogens is 1. The zero-order chi connectivity index (χ0) is 16.2. The maximum Gasteiger partial charge on any atom is 0.355 e. The summed E-state index contributed by atoms with van der Waals surface area (Å²) in [5.41, 5.74) is 0.908. The van der Waals surface area contributed by atoms with Crippen molar-refractivity contribution in [1.29, 1.82) is 0 Å². The van der Waals surface area contributed by atoms with Gasteiger partial charge in [-0.3, -0.25) is 0 Å². The number of methoxy groups -OCH3 is 1. The minimum atomic E-state index is -3.72. The van der Waals surface area contributed by atoms with Crippen LogP contribution in [0.5, 0.6) is 0 Å². The van der Waals surface area contributed by atoms with Crippen LogP contribution in [0.4, 0.5) is 0 Å². The summed E-state index contributed by atoms with van der Waals surface area (Å²) >= 11 is 0. The molecule has 8 heteroatoms. The van der Waals surface area contributed by atoms with E-state index in [0.717, 1.165) is 0 Å². The molecule has 7 nitrogen and oxygen atoms in total. The summed E-state index contributed by atoms with van der Waals surface area (Å²) in [5.74, 6) is -0.565. The molecule has 1 rings (SSSR count). The van der Waals surface area contributed by atoms with Crippen molar-refractivity contribution in [2.45, 2.75) is 38.7 Å². The molecule has 0 fully saturated rings. The van der Waals surface area contributed by atoms with Gasteiger partial charge in [-0.25, -0.2) is 17.9 Å². The van der Waals surface area contributed by atoms with Crippen molar-refractivity contribution in [2.75, 3.05) is 20.3 Å². The van der Waals surface area contributed by atoms with Crippen LogP contribution in [0.15, 0.2) is 4.90 Å². The Bertz CT molecular complexity index is 606. The second-order valence-electron chi connectivity index (χ2n) is 4.70. The zero-order valence-electron chi connectivity index (χ0n) is 12.9. The molecule has 0 aromatic carbocycles. The molecule has 0 saturated heterocycles. The molecule has 1 aromatic rings. The van der Waals surface area contributed by atoms with E-state index in [1.54, 1.807) is 27.7 Å². The van der Waals surface area contributed by atoms with E-state index in [9.17, 15) is 13.2 Å². The summed E-state index contributed by atoms with van der Waals surface area (Å²) in [6.45, 7) is 6.99. The first-order chi connectivity index (χ1) is 9.74. The number of H-pyrrole nitrogens is 1. The number of carbonyl (C=O) groups is 1. The van der Waals surface area contributed by atoms with E-state index in [2.05, 4.69) is 9.71 Å². The van der Waals surface area contributed by atoms with Gasteiger partial charge < -0.3 is 14.5 Å². The standard InChI is InChI=1S/C13H22N2O5S/c1-6-20-13(16)11-9(3)12(10(4)15-11)21(17,18)14-7-8(2)19-5/h8,14-15H,6-7H2,1-5H3. The van der Waals surface area contributed by atoms with Crippen molar-refractivity contribution < 1.29 is 22.7 Å². The minimum Gasteiger partial charge on any atom is -0.461 e. The Hall–Kier alpha value is -1.38. The molecule has 0 aliphatic carbocycles. The van der Waals surface area contributed by atoms with Crippen molar-refractivity contribution in [3.8, 4) is 0 Å². The highest BCUT2D eigenvalue weighted by Gasteiger charge is 2.27. The fraction of sp³-hybridized carbons (Fsp3) is 0.615. The number of carbonyl (C=O) groups excluding carboxylic acids is 1. The Morgan fingerprint density at radius 1 is 1.38 bits per heavy atom. The molecule has 0 spiro atoms. The van der Waals surface area contributed by atoms with E-state index in [1.807, 2.05) is 0 Å². The molecule has 2 N–H and O–H groups in total. The SMILES string of the molecule is CCOC(=O)c1[nH]c(C)c(S(=O)(=O)NCC(C)OC)c1C. The van der Waals surface area contributed by atoms with Gasteiger partial charge in [-0.05, 0) is 27.7 Å². The van der Waals surface area contributed by atoms with E-state index < -0.39 is 16.0 Å². The largest absolute Gasteiger partial charge is 0.461 e. The summed E-state index contributed by atoms with van der Waals surface area (Å²) in [4.78, 5) is 14.6. The normalized spacial score (nSPS) is 13.2. The average molecular weight is 318 g/mol. The van der Waals surface area contributed by atoms with Crippen molar-refractivity contribution in [3.05, 3.63) is 17.0 Å². The van der Waals surface area contributed by atoms with Gasteiger partial charge in [0.1, 0.15) is 10.6 Å². The lowest BCUT2D eigenvalue weighted by atomic mass is 10.2. The highest BCUT2D eigenvalue weighted by Crippen LogP contribution is 2.23. The molecule has 0 amide bonds. The minimum absolute atomic E-state index is 0.0776. The number of sulfonamides is 1. The molecule has 0 aliphatic rings. The van der Waals surface area contributed by atoms with Crippen molar-refractivity contribution >= 4 is 16.0 Å². The van der Waals surface area contributed by atoms with Crippen molar-refractivity contribution in [2.24, 2.45) is 0 Å². The third-order valence-electron chi connectivity index (χ3n) is 3.08.